The van der Waals surface area contributed by atoms with Gasteiger partial charge in [0.15, 0.2) is 23.1 Å². The minimum absolute atomic E-state index is 0.0456. The molecular weight excluding hydrogens is 477 g/mol. The summed E-state index contributed by atoms with van der Waals surface area (Å²) in [6.45, 7) is 4.83. The Morgan fingerprint density at radius 3 is 2.41 bits per heavy atom. The molecule has 2 aromatic rings. The van der Waals surface area contributed by atoms with Crippen LogP contribution in [0.3, 0.4) is 0 Å². The zero-order chi connectivity index (χ0) is 25.9. The van der Waals surface area contributed by atoms with Gasteiger partial charge in [-0.2, -0.15) is 8.78 Å². The van der Waals surface area contributed by atoms with Crippen molar-refractivity contribution < 1.29 is 27.4 Å². The highest BCUT2D eigenvalue weighted by atomic mass is 19.2. The third-order valence-corrected chi connectivity index (χ3v) is 8.31. The van der Waals surface area contributed by atoms with E-state index >= 15 is 4.39 Å². The van der Waals surface area contributed by atoms with Gasteiger partial charge in [0.25, 0.3) is 0 Å². The Labute approximate surface area is 218 Å². The van der Waals surface area contributed by atoms with Crippen molar-refractivity contribution in [1.29, 1.82) is 0 Å². The van der Waals surface area contributed by atoms with Crippen LogP contribution in [0.4, 0.5) is 13.2 Å². The molecule has 2 aliphatic heterocycles. The van der Waals surface area contributed by atoms with E-state index in [4.69, 9.17) is 14.2 Å². The average Bonchev–Trinajstić information content (AvgIpc) is 2.92. The lowest BCUT2D eigenvalue weighted by atomic mass is 9.76. The van der Waals surface area contributed by atoms with E-state index in [1.807, 2.05) is 6.08 Å². The van der Waals surface area contributed by atoms with Crippen LogP contribution in [0.1, 0.15) is 81.9 Å². The van der Waals surface area contributed by atoms with Gasteiger partial charge in [-0.25, -0.2) is 4.39 Å². The average molecular weight is 515 g/mol. The van der Waals surface area contributed by atoms with Crippen LogP contribution in [0, 0.1) is 35.2 Å². The first-order valence-corrected chi connectivity index (χ1v) is 13.9. The van der Waals surface area contributed by atoms with Gasteiger partial charge in [0.1, 0.15) is 0 Å². The van der Waals surface area contributed by atoms with E-state index in [0.29, 0.717) is 35.3 Å². The maximum absolute atomic E-state index is 15.4. The molecule has 1 saturated heterocycles. The van der Waals surface area contributed by atoms with E-state index in [9.17, 15) is 8.78 Å². The molecule has 2 aromatic carbocycles. The predicted molar refractivity (Wildman–Crippen MR) is 139 cm³/mol. The summed E-state index contributed by atoms with van der Waals surface area (Å²) in [6, 6.07) is 4.92. The van der Waals surface area contributed by atoms with Crippen LogP contribution in [0.5, 0.6) is 17.2 Å². The normalized spacial score (nSPS) is 25.4. The second kappa shape index (κ2) is 11.5. The van der Waals surface area contributed by atoms with Crippen molar-refractivity contribution >= 4 is 6.08 Å². The fraction of sp³-hybridized carbons (Fsp3) is 0.548. The zero-order valence-electron chi connectivity index (χ0n) is 21.8. The highest BCUT2D eigenvalue weighted by Crippen LogP contribution is 2.44. The van der Waals surface area contributed by atoms with Crippen LogP contribution >= 0.6 is 0 Å². The van der Waals surface area contributed by atoms with Crippen molar-refractivity contribution in [3.63, 3.8) is 0 Å². The monoisotopic (exact) mass is 514 g/mol. The molecule has 3 aliphatic rings. The third kappa shape index (κ3) is 5.55. The summed E-state index contributed by atoms with van der Waals surface area (Å²) in [5, 5.41) is 0. The van der Waals surface area contributed by atoms with Gasteiger partial charge >= 0.3 is 0 Å². The number of rotatable bonds is 7. The first-order valence-electron chi connectivity index (χ1n) is 13.9. The smallest absolute Gasteiger partial charge is 0.205 e. The fourth-order valence-electron chi connectivity index (χ4n) is 6.25. The Kier molecular flexibility index (Phi) is 8.13. The summed E-state index contributed by atoms with van der Waals surface area (Å²) in [5.74, 6) is -1.52. The van der Waals surface area contributed by atoms with Crippen LogP contribution < -0.4 is 9.47 Å². The van der Waals surface area contributed by atoms with Crippen molar-refractivity contribution in [2.45, 2.75) is 77.7 Å². The molecule has 5 rings (SSSR count). The minimum atomic E-state index is -1.15. The number of ether oxygens (including phenoxy) is 3. The lowest BCUT2D eigenvalue weighted by Crippen LogP contribution is -2.33. The van der Waals surface area contributed by atoms with Gasteiger partial charge in [-0.3, -0.25) is 0 Å². The molecule has 2 fully saturated rings. The molecule has 0 spiro atoms. The molecule has 1 aliphatic carbocycles. The van der Waals surface area contributed by atoms with Crippen molar-refractivity contribution in [3.8, 4) is 17.2 Å². The van der Waals surface area contributed by atoms with Crippen LogP contribution in [0.15, 0.2) is 24.3 Å². The van der Waals surface area contributed by atoms with Gasteiger partial charge in [0.05, 0.1) is 19.3 Å². The highest BCUT2D eigenvalue weighted by Gasteiger charge is 2.31. The number of halogens is 3. The Balaban J connectivity index is 1.22. The Bertz CT molecular complexity index is 1130. The van der Waals surface area contributed by atoms with Crippen LogP contribution in [-0.2, 0) is 11.2 Å². The molecule has 0 bridgehead atoms. The Hall–Kier alpha value is -2.47. The molecule has 2 atom stereocenters. The molecule has 37 heavy (non-hydrogen) atoms. The van der Waals surface area contributed by atoms with E-state index in [-0.39, 0.29) is 36.2 Å². The molecule has 0 amide bonds. The molecule has 2 heterocycles. The predicted octanol–water partition coefficient (Wildman–Crippen LogP) is 8.61. The SMILES string of the molecule is CCCC1CCC(C2CCC(/C=C/c3ccc4c(c3F)Oc3c(cc(OCC)c(F)c3F)C4)CO2)CC1. The van der Waals surface area contributed by atoms with E-state index in [1.54, 1.807) is 25.1 Å². The van der Waals surface area contributed by atoms with Gasteiger partial charge in [0, 0.05) is 29.0 Å². The number of hydrogen-bond donors (Lipinski definition) is 0. The highest BCUT2D eigenvalue weighted by molar-refractivity contribution is 5.60. The van der Waals surface area contributed by atoms with Gasteiger partial charge < -0.3 is 14.2 Å². The molecule has 0 N–H and O–H groups in total. The standard InChI is InChI=1S/C31H37F3O3/c1-3-5-19-6-10-21(11-7-19)25-15-9-20(18-36-25)8-12-22-13-14-23-16-24-17-26(35-4-2)28(33)29(34)31(24)37-30(23)27(22)32/h8,12-14,17,19-21,25H,3-7,9-11,15-16,18H2,1-2H3/b12-8+. The summed E-state index contributed by atoms with van der Waals surface area (Å²) < 4.78 is 61.5. The van der Waals surface area contributed by atoms with Gasteiger partial charge in [-0.1, -0.05) is 56.9 Å². The van der Waals surface area contributed by atoms with Gasteiger partial charge in [-0.15, -0.1) is 0 Å². The largest absolute Gasteiger partial charge is 0.491 e. The Morgan fingerprint density at radius 2 is 1.70 bits per heavy atom. The van der Waals surface area contributed by atoms with Crippen molar-refractivity contribution in [2.24, 2.45) is 17.8 Å². The molecular formula is C31H37F3O3. The number of hydrogen-bond acceptors (Lipinski definition) is 3. The van der Waals surface area contributed by atoms with Crippen LogP contribution in [0.2, 0.25) is 0 Å². The summed E-state index contributed by atoms with van der Waals surface area (Å²) in [5.41, 5.74) is 1.39. The molecule has 2 unspecified atom stereocenters. The minimum Gasteiger partial charge on any atom is -0.491 e. The molecule has 3 nitrogen and oxygen atoms in total. The summed E-state index contributed by atoms with van der Waals surface area (Å²) in [4.78, 5) is 0. The van der Waals surface area contributed by atoms with E-state index in [1.165, 1.54) is 44.6 Å². The maximum atomic E-state index is 15.4. The second-order valence-electron chi connectivity index (χ2n) is 10.8. The topological polar surface area (TPSA) is 27.7 Å². The maximum Gasteiger partial charge on any atom is 0.205 e. The zero-order valence-corrected chi connectivity index (χ0v) is 21.8. The quantitative estimate of drug-likeness (QED) is 0.316. The summed E-state index contributed by atoms with van der Waals surface area (Å²) in [6.07, 6.45) is 14.2. The first kappa shape index (κ1) is 26.1. The van der Waals surface area contributed by atoms with E-state index in [2.05, 4.69) is 6.92 Å². The molecule has 0 aromatic heterocycles. The van der Waals surface area contributed by atoms with Gasteiger partial charge in [0.2, 0.25) is 11.6 Å². The molecule has 200 valence electrons. The van der Waals surface area contributed by atoms with Crippen LogP contribution in [-0.4, -0.2) is 19.3 Å². The Morgan fingerprint density at radius 1 is 0.919 bits per heavy atom. The fourth-order valence-corrected chi connectivity index (χ4v) is 6.25. The molecule has 1 saturated carbocycles. The molecule has 0 radical (unpaired) electrons. The van der Waals surface area contributed by atoms with E-state index < -0.39 is 17.5 Å². The second-order valence-corrected chi connectivity index (χ2v) is 10.8. The van der Waals surface area contributed by atoms with Gasteiger partial charge in [-0.05, 0) is 50.5 Å². The van der Waals surface area contributed by atoms with E-state index in [0.717, 1.165) is 18.8 Å². The summed E-state index contributed by atoms with van der Waals surface area (Å²) >= 11 is 0. The number of benzene rings is 2. The first-order chi connectivity index (χ1) is 18.0. The lowest BCUT2D eigenvalue weighted by Gasteiger charge is -2.37. The lowest BCUT2D eigenvalue weighted by molar-refractivity contribution is -0.0492. The third-order valence-electron chi connectivity index (χ3n) is 8.31. The van der Waals surface area contributed by atoms with Crippen molar-refractivity contribution in [2.75, 3.05) is 13.2 Å². The summed E-state index contributed by atoms with van der Waals surface area (Å²) in [7, 11) is 0. The van der Waals surface area contributed by atoms with Crippen molar-refractivity contribution in [1.82, 2.24) is 0 Å². The van der Waals surface area contributed by atoms with Crippen LogP contribution in [0.25, 0.3) is 6.08 Å². The number of fused-ring (bicyclic) bond motifs is 2. The molecule has 6 heteroatoms. The van der Waals surface area contributed by atoms with Crippen molar-refractivity contribution in [3.05, 3.63) is 58.4 Å².